The fourth-order valence-corrected chi connectivity index (χ4v) is 3.46. The third-order valence-corrected chi connectivity index (χ3v) is 4.74. The fourth-order valence-electron chi connectivity index (χ4n) is 3.46. The molecule has 0 saturated heterocycles. The van der Waals surface area contributed by atoms with E-state index in [1.807, 2.05) is 17.7 Å². The number of aromatic nitrogens is 5. The van der Waals surface area contributed by atoms with Crippen LogP contribution in [0, 0.1) is 12.8 Å². The SMILES string of the molecule is Cc1ccncc1-[n+]1[nH]cc2c(=O)[nH]c(CC3CCCC3)nc21. The Balaban J connectivity index is 1.82. The van der Waals surface area contributed by atoms with Gasteiger partial charge in [0.25, 0.3) is 5.56 Å². The molecule has 3 aromatic rings. The van der Waals surface area contributed by atoms with Crippen LogP contribution in [0.15, 0.2) is 29.5 Å². The van der Waals surface area contributed by atoms with E-state index in [1.165, 1.54) is 25.7 Å². The maximum atomic E-state index is 12.4. The lowest BCUT2D eigenvalue weighted by molar-refractivity contribution is -0.632. The van der Waals surface area contributed by atoms with Gasteiger partial charge in [0.05, 0.1) is 12.4 Å². The molecule has 118 valence electrons. The summed E-state index contributed by atoms with van der Waals surface area (Å²) in [6.45, 7) is 2.02. The molecule has 0 aromatic carbocycles. The highest BCUT2D eigenvalue weighted by Crippen LogP contribution is 2.27. The molecule has 3 heterocycles. The summed E-state index contributed by atoms with van der Waals surface area (Å²) in [5.74, 6) is 1.42. The fraction of sp³-hybridized carbons (Fsp3) is 0.412. The summed E-state index contributed by atoms with van der Waals surface area (Å²) in [5, 5.41) is 3.70. The standard InChI is InChI=1S/C17H19N5O/c1-11-6-7-18-10-14(11)22-16-13(9-19-22)17(23)21-15(20-16)8-12-4-2-3-5-12/h6-7,9-10,12H,2-5,8H2,1H3,(H,19,20,21,23)/p+1. The average Bonchev–Trinajstić information content (AvgIpc) is 3.18. The summed E-state index contributed by atoms with van der Waals surface area (Å²) in [7, 11) is 0. The van der Waals surface area contributed by atoms with Gasteiger partial charge in [0.2, 0.25) is 5.82 Å². The Bertz CT molecular complexity index is 905. The molecule has 0 aliphatic heterocycles. The Kier molecular flexibility index (Phi) is 3.44. The van der Waals surface area contributed by atoms with Crippen molar-refractivity contribution in [1.29, 1.82) is 0 Å². The van der Waals surface area contributed by atoms with Gasteiger partial charge in [0.1, 0.15) is 0 Å². The first-order valence-corrected chi connectivity index (χ1v) is 8.15. The van der Waals surface area contributed by atoms with Crippen LogP contribution in [0.4, 0.5) is 0 Å². The van der Waals surface area contributed by atoms with E-state index in [-0.39, 0.29) is 5.56 Å². The molecule has 0 spiro atoms. The molecule has 23 heavy (non-hydrogen) atoms. The van der Waals surface area contributed by atoms with Crippen molar-refractivity contribution in [3.8, 4) is 5.69 Å². The number of aryl methyl sites for hydroxylation is 1. The maximum absolute atomic E-state index is 12.4. The van der Waals surface area contributed by atoms with E-state index in [0.717, 1.165) is 23.5 Å². The van der Waals surface area contributed by atoms with Gasteiger partial charge in [-0.2, -0.15) is 0 Å². The predicted octanol–water partition coefficient (Wildman–Crippen LogP) is 1.96. The molecule has 6 nitrogen and oxygen atoms in total. The van der Waals surface area contributed by atoms with E-state index < -0.39 is 0 Å². The van der Waals surface area contributed by atoms with E-state index in [9.17, 15) is 4.79 Å². The number of fused-ring (bicyclic) bond motifs is 1. The molecular formula is C17H20N5O+. The first-order valence-electron chi connectivity index (χ1n) is 8.15. The quantitative estimate of drug-likeness (QED) is 0.726. The van der Waals surface area contributed by atoms with E-state index in [2.05, 4.69) is 15.1 Å². The van der Waals surface area contributed by atoms with Gasteiger partial charge >= 0.3 is 5.65 Å². The molecule has 0 unspecified atom stereocenters. The van der Waals surface area contributed by atoms with Gasteiger partial charge in [0.15, 0.2) is 11.1 Å². The molecule has 0 atom stereocenters. The highest BCUT2D eigenvalue weighted by molar-refractivity contribution is 5.69. The van der Waals surface area contributed by atoms with E-state index in [0.29, 0.717) is 17.0 Å². The second-order valence-corrected chi connectivity index (χ2v) is 6.38. The van der Waals surface area contributed by atoms with Crippen LogP contribution in [0.25, 0.3) is 16.7 Å². The minimum absolute atomic E-state index is 0.0838. The number of H-pyrrole nitrogens is 2. The Morgan fingerprint density at radius 3 is 2.96 bits per heavy atom. The lowest BCUT2D eigenvalue weighted by Gasteiger charge is -2.04. The minimum atomic E-state index is -0.0838. The van der Waals surface area contributed by atoms with Crippen LogP contribution in [-0.2, 0) is 6.42 Å². The predicted molar refractivity (Wildman–Crippen MR) is 86.4 cm³/mol. The van der Waals surface area contributed by atoms with Gasteiger partial charge in [-0.25, -0.2) is 5.10 Å². The van der Waals surface area contributed by atoms with Crippen LogP contribution < -0.4 is 10.2 Å². The normalized spacial score (nSPS) is 15.5. The highest BCUT2D eigenvalue weighted by atomic mass is 16.1. The van der Waals surface area contributed by atoms with Gasteiger partial charge in [-0.05, 0) is 36.7 Å². The van der Waals surface area contributed by atoms with E-state index in [1.54, 1.807) is 18.6 Å². The number of pyridine rings is 1. The zero-order chi connectivity index (χ0) is 15.8. The van der Waals surface area contributed by atoms with Gasteiger partial charge in [0, 0.05) is 18.2 Å². The van der Waals surface area contributed by atoms with Crippen LogP contribution >= 0.6 is 0 Å². The summed E-state index contributed by atoms with van der Waals surface area (Å²) in [5.41, 5.74) is 2.57. The number of nitrogens with zero attached hydrogens (tertiary/aromatic N) is 3. The smallest absolute Gasteiger partial charge is 0.289 e. The van der Waals surface area contributed by atoms with Crippen molar-refractivity contribution in [3.05, 3.63) is 46.4 Å². The number of nitrogens with one attached hydrogen (secondary N) is 2. The molecule has 3 aromatic heterocycles. The summed E-state index contributed by atoms with van der Waals surface area (Å²) >= 11 is 0. The summed E-state index contributed by atoms with van der Waals surface area (Å²) in [6, 6.07) is 1.95. The topological polar surface area (TPSA) is 78.3 Å². The van der Waals surface area contributed by atoms with Crippen molar-refractivity contribution in [1.82, 2.24) is 20.1 Å². The lowest BCUT2D eigenvalue weighted by atomic mass is 10.0. The number of rotatable bonds is 3. The molecule has 1 aliphatic rings. The van der Waals surface area contributed by atoms with Gasteiger partial charge in [-0.3, -0.25) is 14.8 Å². The monoisotopic (exact) mass is 310 g/mol. The average molecular weight is 310 g/mol. The molecule has 6 heteroatoms. The van der Waals surface area contributed by atoms with Crippen LogP contribution in [0.5, 0.6) is 0 Å². The molecule has 1 fully saturated rings. The van der Waals surface area contributed by atoms with Crippen molar-refractivity contribution >= 4 is 11.0 Å². The maximum Gasteiger partial charge on any atom is 0.363 e. The third-order valence-electron chi connectivity index (χ3n) is 4.74. The summed E-state index contributed by atoms with van der Waals surface area (Å²) < 4.78 is 1.84. The molecular weight excluding hydrogens is 290 g/mol. The third kappa shape index (κ3) is 2.54. The first kappa shape index (κ1) is 14.1. The second-order valence-electron chi connectivity index (χ2n) is 6.38. The van der Waals surface area contributed by atoms with Crippen molar-refractivity contribution in [2.75, 3.05) is 0 Å². The van der Waals surface area contributed by atoms with Crippen LogP contribution in [0.1, 0.15) is 37.1 Å². The van der Waals surface area contributed by atoms with E-state index >= 15 is 0 Å². The Labute approximate surface area is 133 Å². The zero-order valence-electron chi connectivity index (χ0n) is 13.2. The Morgan fingerprint density at radius 1 is 1.35 bits per heavy atom. The van der Waals surface area contributed by atoms with Gasteiger partial charge < -0.3 is 0 Å². The van der Waals surface area contributed by atoms with Crippen LogP contribution in [0.3, 0.4) is 0 Å². The van der Waals surface area contributed by atoms with Gasteiger partial charge in [-0.1, -0.05) is 12.8 Å². The minimum Gasteiger partial charge on any atom is -0.289 e. The number of hydrogen-bond acceptors (Lipinski definition) is 3. The van der Waals surface area contributed by atoms with Crippen molar-refractivity contribution in [3.63, 3.8) is 0 Å². The van der Waals surface area contributed by atoms with Crippen molar-refractivity contribution in [2.45, 2.75) is 39.0 Å². The van der Waals surface area contributed by atoms with Crippen molar-refractivity contribution in [2.24, 2.45) is 5.92 Å². The van der Waals surface area contributed by atoms with Gasteiger partial charge in [-0.15, -0.1) is 4.68 Å². The Morgan fingerprint density at radius 2 is 2.17 bits per heavy atom. The molecule has 4 rings (SSSR count). The first-order chi connectivity index (χ1) is 11.2. The molecule has 0 radical (unpaired) electrons. The Hall–Kier alpha value is -2.50. The lowest BCUT2D eigenvalue weighted by Crippen LogP contribution is -2.35. The van der Waals surface area contributed by atoms with Crippen LogP contribution in [-0.4, -0.2) is 20.1 Å². The number of aromatic amines is 2. The van der Waals surface area contributed by atoms with Crippen molar-refractivity contribution < 1.29 is 4.68 Å². The molecule has 0 bridgehead atoms. The largest absolute Gasteiger partial charge is 0.363 e. The summed E-state index contributed by atoms with van der Waals surface area (Å²) in [4.78, 5) is 24.2. The van der Waals surface area contributed by atoms with Crippen LogP contribution in [0.2, 0.25) is 0 Å². The zero-order valence-corrected chi connectivity index (χ0v) is 13.2. The summed E-state index contributed by atoms with van der Waals surface area (Å²) in [6.07, 6.45) is 11.1. The molecule has 1 saturated carbocycles. The molecule has 0 amide bonds. The highest BCUT2D eigenvalue weighted by Gasteiger charge is 2.24. The molecule has 1 aliphatic carbocycles. The van der Waals surface area contributed by atoms with E-state index in [4.69, 9.17) is 4.98 Å². The molecule has 2 N–H and O–H groups in total. The second kappa shape index (κ2) is 5.61. The number of hydrogen-bond donors (Lipinski definition) is 2.